The van der Waals surface area contributed by atoms with Gasteiger partial charge in [0.1, 0.15) is 5.82 Å². The van der Waals surface area contributed by atoms with E-state index in [0.29, 0.717) is 12.1 Å². The van der Waals surface area contributed by atoms with E-state index in [1.54, 1.807) is 18.2 Å². The van der Waals surface area contributed by atoms with Crippen LogP contribution in [0.1, 0.15) is 15.9 Å². The zero-order valence-corrected chi connectivity index (χ0v) is 13.4. The molecule has 0 N–H and O–H groups in total. The Morgan fingerprint density at radius 1 is 1.29 bits per heavy atom. The van der Waals surface area contributed by atoms with Gasteiger partial charge in [0.15, 0.2) is 0 Å². The normalized spacial score (nSPS) is 10.3. The van der Waals surface area contributed by atoms with Crippen LogP contribution in [0.15, 0.2) is 46.9 Å². The topological polar surface area (TPSA) is 29.5 Å². The second-order valence-corrected chi connectivity index (χ2v) is 5.45. The SMILES string of the molecule is COC(=O)c1ccccc1N(C)Cc1cc(F)ccc1Br. The van der Waals surface area contributed by atoms with Gasteiger partial charge in [0.05, 0.1) is 18.4 Å². The minimum Gasteiger partial charge on any atom is -0.465 e. The van der Waals surface area contributed by atoms with E-state index < -0.39 is 5.97 Å². The average molecular weight is 352 g/mol. The van der Waals surface area contributed by atoms with Gasteiger partial charge >= 0.3 is 5.97 Å². The van der Waals surface area contributed by atoms with Gasteiger partial charge in [0.25, 0.3) is 0 Å². The number of nitrogens with zero attached hydrogens (tertiary/aromatic N) is 1. The lowest BCUT2D eigenvalue weighted by atomic mass is 10.1. The Labute approximate surface area is 131 Å². The molecule has 2 rings (SSSR count). The van der Waals surface area contributed by atoms with E-state index in [1.807, 2.05) is 24.1 Å². The molecule has 5 heteroatoms. The first kappa shape index (κ1) is 15.5. The molecule has 3 nitrogen and oxygen atoms in total. The molecule has 110 valence electrons. The summed E-state index contributed by atoms with van der Waals surface area (Å²) in [6.07, 6.45) is 0. The van der Waals surface area contributed by atoms with Gasteiger partial charge in [0.2, 0.25) is 0 Å². The van der Waals surface area contributed by atoms with Gasteiger partial charge < -0.3 is 9.64 Å². The van der Waals surface area contributed by atoms with Crippen LogP contribution in [0.5, 0.6) is 0 Å². The summed E-state index contributed by atoms with van der Waals surface area (Å²) >= 11 is 3.41. The highest BCUT2D eigenvalue weighted by atomic mass is 79.9. The van der Waals surface area contributed by atoms with Crippen LogP contribution in [0.2, 0.25) is 0 Å². The summed E-state index contributed by atoms with van der Waals surface area (Å²) in [6, 6.07) is 11.7. The number of rotatable bonds is 4. The molecule has 21 heavy (non-hydrogen) atoms. The van der Waals surface area contributed by atoms with Gasteiger partial charge in [-0.3, -0.25) is 0 Å². The highest BCUT2D eigenvalue weighted by Crippen LogP contribution is 2.25. The van der Waals surface area contributed by atoms with Crippen LogP contribution in [-0.2, 0) is 11.3 Å². The Hall–Kier alpha value is -1.88. The molecule has 0 aliphatic rings. The van der Waals surface area contributed by atoms with Gasteiger partial charge in [-0.25, -0.2) is 9.18 Å². The molecule has 0 atom stereocenters. The summed E-state index contributed by atoms with van der Waals surface area (Å²) in [6.45, 7) is 0.465. The first-order valence-corrected chi connectivity index (χ1v) is 7.14. The molecule has 0 unspecified atom stereocenters. The Morgan fingerprint density at radius 2 is 2.00 bits per heavy atom. The van der Waals surface area contributed by atoms with Crippen molar-refractivity contribution in [3.05, 3.63) is 63.9 Å². The highest BCUT2D eigenvalue weighted by molar-refractivity contribution is 9.10. The van der Waals surface area contributed by atoms with Crippen molar-refractivity contribution in [2.45, 2.75) is 6.54 Å². The highest BCUT2D eigenvalue weighted by Gasteiger charge is 2.15. The van der Waals surface area contributed by atoms with Crippen molar-refractivity contribution in [2.24, 2.45) is 0 Å². The maximum absolute atomic E-state index is 13.3. The summed E-state index contributed by atoms with van der Waals surface area (Å²) in [4.78, 5) is 13.7. The van der Waals surface area contributed by atoms with Gasteiger partial charge in [-0.05, 0) is 35.9 Å². The number of benzene rings is 2. The first-order chi connectivity index (χ1) is 10.0. The molecule has 0 saturated heterocycles. The Morgan fingerprint density at radius 3 is 2.71 bits per heavy atom. The van der Waals surface area contributed by atoms with E-state index in [-0.39, 0.29) is 5.82 Å². The maximum atomic E-state index is 13.3. The monoisotopic (exact) mass is 351 g/mol. The first-order valence-electron chi connectivity index (χ1n) is 6.35. The Balaban J connectivity index is 2.30. The molecule has 0 spiro atoms. The third-order valence-electron chi connectivity index (χ3n) is 3.14. The van der Waals surface area contributed by atoms with E-state index in [1.165, 1.54) is 19.2 Å². The zero-order chi connectivity index (χ0) is 15.4. The fraction of sp³-hybridized carbons (Fsp3) is 0.188. The second-order valence-electron chi connectivity index (χ2n) is 4.60. The summed E-state index contributed by atoms with van der Waals surface area (Å²) < 4.78 is 19.0. The predicted molar refractivity (Wildman–Crippen MR) is 84.0 cm³/mol. The molecule has 0 aliphatic heterocycles. The molecule has 0 bridgehead atoms. The van der Waals surface area contributed by atoms with Crippen molar-refractivity contribution in [3.8, 4) is 0 Å². The van der Waals surface area contributed by atoms with Crippen molar-refractivity contribution in [3.63, 3.8) is 0 Å². The number of carbonyl (C=O) groups excluding carboxylic acids is 1. The Kier molecular flexibility index (Phi) is 4.96. The second kappa shape index (κ2) is 6.72. The molecule has 0 saturated carbocycles. The van der Waals surface area contributed by atoms with E-state index in [9.17, 15) is 9.18 Å². The molecule has 2 aromatic rings. The van der Waals surface area contributed by atoms with Gasteiger partial charge in [0, 0.05) is 18.1 Å². The number of hydrogen-bond acceptors (Lipinski definition) is 3. The summed E-state index contributed by atoms with van der Waals surface area (Å²) in [7, 11) is 3.20. The lowest BCUT2D eigenvalue weighted by Crippen LogP contribution is -2.20. The van der Waals surface area contributed by atoms with Crippen LogP contribution >= 0.6 is 15.9 Å². The van der Waals surface area contributed by atoms with Crippen LogP contribution in [0.3, 0.4) is 0 Å². The third-order valence-corrected chi connectivity index (χ3v) is 3.91. The van der Waals surface area contributed by atoms with E-state index in [2.05, 4.69) is 15.9 Å². The van der Waals surface area contributed by atoms with Crippen LogP contribution < -0.4 is 4.90 Å². The van der Waals surface area contributed by atoms with Gasteiger partial charge in [-0.15, -0.1) is 0 Å². The summed E-state index contributed by atoms with van der Waals surface area (Å²) in [5.74, 6) is -0.682. The fourth-order valence-corrected chi connectivity index (χ4v) is 2.47. The van der Waals surface area contributed by atoms with Gasteiger partial charge in [-0.2, -0.15) is 0 Å². The minimum absolute atomic E-state index is 0.289. The quantitative estimate of drug-likeness (QED) is 0.779. The van der Waals surface area contributed by atoms with Crippen molar-refractivity contribution >= 4 is 27.6 Å². The number of hydrogen-bond donors (Lipinski definition) is 0. The van der Waals surface area contributed by atoms with Gasteiger partial charge in [-0.1, -0.05) is 28.1 Å². The summed E-state index contributed by atoms with van der Waals surface area (Å²) in [5, 5.41) is 0. The van der Waals surface area contributed by atoms with Crippen LogP contribution in [0.4, 0.5) is 10.1 Å². The zero-order valence-electron chi connectivity index (χ0n) is 11.8. The molecule has 0 aliphatic carbocycles. The molecule has 0 fully saturated rings. The summed E-state index contributed by atoms with van der Waals surface area (Å²) in [5.41, 5.74) is 2.02. The molecule has 0 heterocycles. The van der Waals surface area contributed by atoms with Crippen LogP contribution in [0, 0.1) is 5.82 Å². The number of carbonyl (C=O) groups is 1. The van der Waals surface area contributed by atoms with Crippen molar-refractivity contribution in [2.75, 3.05) is 19.1 Å². The average Bonchev–Trinajstić information content (AvgIpc) is 2.50. The molecular weight excluding hydrogens is 337 g/mol. The van der Waals surface area contributed by atoms with E-state index >= 15 is 0 Å². The molecule has 0 amide bonds. The number of halogens is 2. The number of methoxy groups -OCH3 is 1. The maximum Gasteiger partial charge on any atom is 0.339 e. The number of esters is 1. The number of para-hydroxylation sites is 1. The smallest absolute Gasteiger partial charge is 0.339 e. The molecule has 0 aromatic heterocycles. The number of ether oxygens (including phenoxy) is 1. The van der Waals surface area contributed by atoms with Crippen molar-refractivity contribution in [1.82, 2.24) is 0 Å². The fourth-order valence-electron chi connectivity index (χ4n) is 2.09. The minimum atomic E-state index is -0.393. The van der Waals surface area contributed by atoms with Crippen molar-refractivity contribution in [1.29, 1.82) is 0 Å². The predicted octanol–water partition coefficient (Wildman–Crippen LogP) is 4.01. The Bertz CT molecular complexity index is 660. The molecule has 0 radical (unpaired) electrons. The molecule has 2 aromatic carbocycles. The molecular formula is C16H15BrFNO2. The van der Waals surface area contributed by atoms with E-state index in [4.69, 9.17) is 4.74 Å². The van der Waals surface area contributed by atoms with Crippen molar-refractivity contribution < 1.29 is 13.9 Å². The number of anilines is 1. The standard InChI is InChI=1S/C16H15BrFNO2/c1-19(10-11-9-12(18)7-8-14(11)17)15-6-4-3-5-13(15)16(20)21-2/h3-9H,10H2,1-2H3. The third kappa shape index (κ3) is 3.61. The van der Waals surface area contributed by atoms with Crippen LogP contribution in [-0.4, -0.2) is 20.1 Å². The largest absolute Gasteiger partial charge is 0.465 e. The van der Waals surface area contributed by atoms with Crippen LogP contribution in [0.25, 0.3) is 0 Å². The lowest BCUT2D eigenvalue weighted by molar-refractivity contribution is 0.0601. The van der Waals surface area contributed by atoms with E-state index in [0.717, 1.165) is 15.7 Å². The lowest BCUT2D eigenvalue weighted by Gasteiger charge is -2.22.